The zero-order valence-electron chi connectivity index (χ0n) is 10.9. The number of halogens is 1. The Labute approximate surface area is 106 Å². The van der Waals surface area contributed by atoms with Crippen LogP contribution in [0.2, 0.25) is 0 Å². The van der Waals surface area contributed by atoms with E-state index < -0.39 is 11.2 Å². The third-order valence-electron chi connectivity index (χ3n) is 3.19. The molecule has 0 bridgehead atoms. The Morgan fingerprint density at radius 3 is 2.72 bits per heavy atom. The molecule has 0 aliphatic heterocycles. The lowest BCUT2D eigenvalue weighted by atomic mass is 9.86. The first-order valence-corrected chi connectivity index (χ1v) is 5.82. The second-order valence-electron chi connectivity index (χ2n) is 4.42. The standard InChI is InChI=1S/C13H19FN2O2/c1-4-13(2,8-15)12(17)16-10-6-5-9(14)7-11(10)18-3/h5-7H,4,8,15H2,1-3H3,(H,16,17). The highest BCUT2D eigenvalue weighted by Crippen LogP contribution is 2.28. The maximum Gasteiger partial charge on any atom is 0.231 e. The van der Waals surface area contributed by atoms with E-state index in [-0.39, 0.29) is 12.5 Å². The fraction of sp³-hybridized carbons (Fsp3) is 0.462. The quantitative estimate of drug-likeness (QED) is 0.846. The van der Waals surface area contributed by atoms with Crippen molar-refractivity contribution < 1.29 is 13.9 Å². The van der Waals surface area contributed by atoms with Crippen LogP contribution >= 0.6 is 0 Å². The lowest BCUT2D eigenvalue weighted by Gasteiger charge is -2.25. The molecule has 1 aromatic carbocycles. The number of carbonyl (C=O) groups excluding carboxylic acids is 1. The van der Waals surface area contributed by atoms with Crippen LogP contribution in [-0.4, -0.2) is 19.6 Å². The Morgan fingerprint density at radius 2 is 2.22 bits per heavy atom. The second kappa shape index (κ2) is 5.82. The van der Waals surface area contributed by atoms with Crippen LogP contribution in [0.4, 0.5) is 10.1 Å². The number of methoxy groups -OCH3 is 1. The van der Waals surface area contributed by atoms with Gasteiger partial charge in [-0.2, -0.15) is 0 Å². The average molecular weight is 254 g/mol. The molecule has 3 N–H and O–H groups in total. The maximum absolute atomic E-state index is 13.0. The number of rotatable bonds is 5. The molecule has 0 fully saturated rings. The molecule has 1 unspecified atom stereocenters. The van der Waals surface area contributed by atoms with Crippen LogP contribution in [0.5, 0.6) is 5.75 Å². The summed E-state index contributed by atoms with van der Waals surface area (Å²) in [5, 5.41) is 2.72. The fourth-order valence-electron chi connectivity index (χ4n) is 1.44. The summed E-state index contributed by atoms with van der Waals surface area (Å²) in [6, 6.07) is 3.96. The minimum Gasteiger partial charge on any atom is -0.494 e. The minimum atomic E-state index is -0.639. The summed E-state index contributed by atoms with van der Waals surface area (Å²) in [4.78, 5) is 12.1. The molecule has 1 rings (SSSR count). The van der Waals surface area contributed by atoms with E-state index in [1.165, 1.54) is 25.3 Å². The molecule has 1 atom stereocenters. The molecular formula is C13H19FN2O2. The lowest BCUT2D eigenvalue weighted by Crippen LogP contribution is -2.39. The number of anilines is 1. The van der Waals surface area contributed by atoms with Gasteiger partial charge in [0.05, 0.1) is 18.2 Å². The smallest absolute Gasteiger partial charge is 0.231 e. The first-order chi connectivity index (χ1) is 8.46. The van der Waals surface area contributed by atoms with Crippen molar-refractivity contribution in [2.75, 3.05) is 19.0 Å². The van der Waals surface area contributed by atoms with Crippen molar-refractivity contribution in [3.05, 3.63) is 24.0 Å². The Bertz CT molecular complexity index is 431. The molecule has 18 heavy (non-hydrogen) atoms. The van der Waals surface area contributed by atoms with Crippen LogP contribution in [0.15, 0.2) is 18.2 Å². The van der Waals surface area contributed by atoms with Gasteiger partial charge in [0, 0.05) is 12.6 Å². The lowest BCUT2D eigenvalue weighted by molar-refractivity contribution is -0.124. The predicted molar refractivity (Wildman–Crippen MR) is 69.0 cm³/mol. The number of ether oxygens (including phenoxy) is 1. The van der Waals surface area contributed by atoms with Gasteiger partial charge in [0.2, 0.25) is 5.91 Å². The molecular weight excluding hydrogens is 235 g/mol. The number of amides is 1. The van der Waals surface area contributed by atoms with Crippen LogP contribution in [0.3, 0.4) is 0 Å². The molecule has 0 radical (unpaired) electrons. The highest BCUT2D eigenvalue weighted by atomic mass is 19.1. The van der Waals surface area contributed by atoms with Crippen molar-refractivity contribution >= 4 is 11.6 Å². The van der Waals surface area contributed by atoms with Gasteiger partial charge in [-0.1, -0.05) is 6.92 Å². The van der Waals surface area contributed by atoms with Gasteiger partial charge in [-0.3, -0.25) is 4.79 Å². The number of nitrogens with one attached hydrogen (secondary N) is 1. The zero-order chi connectivity index (χ0) is 13.8. The molecule has 1 aromatic rings. The number of carbonyl (C=O) groups is 1. The third kappa shape index (κ3) is 2.98. The van der Waals surface area contributed by atoms with Crippen molar-refractivity contribution in [3.8, 4) is 5.75 Å². The van der Waals surface area contributed by atoms with Crippen molar-refractivity contribution in [1.82, 2.24) is 0 Å². The molecule has 100 valence electrons. The van der Waals surface area contributed by atoms with Crippen LogP contribution in [0.25, 0.3) is 0 Å². The van der Waals surface area contributed by atoms with E-state index >= 15 is 0 Å². The molecule has 0 aromatic heterocycles. The van der Waals surface area contributed by atoms with Crippen molar-refractivity contribution in [2.24, 2.45) is 11.1 Å². The van der Waals surface area contributed by atoms with Crippen LogP contribution in [-0.2, 0) is 4.79 Å². The highest BCUT2D eigenvalue weighted by Gasteiger charge is 2.30. The number of benzene rings is 1. The Morgan fingerprint density at radius 1 is 1.56 bits per heavy atom. The first kappa shape index (κ1) is 14.4. The van der Waals surface area contributed by atoms with Crippen molar-refractivity contribution in [3.63, 3.8) is 0 Å². The molecule has 0 aliphatic carbocycles. The van der Waals surface area contributed by atoms with E-state index in [4.69, 9.17) is 10.5 Å². The molecule has 0 spiro atoms. The Kier molecular flexibility index (Phi) is 4.67. The van der Waals surface area contributed by atoms with E-state index in [0.29, 0.717) is 17.9 Å². The summed E-state index contributed by atoms with van der Waals surface area (Å²) in [5.74, 6) is -0.321. The Hall–Kier alpha value is -1.62. The van der Waals surface area contributed by atoms with Gasteiger partial charge in [0.1, 0.15) is 11.6 Å². The Balaban J connectivity index is 2.94. The van der Waals surface area contributed by atoms with Gasteiger partial charge in [0.15, 0.2) is 0 Å². The summed E-state index contributed by atoms with van der Waals surface area (Å²) in [5.41, 5.74) is 5.42. The highest BCUT2D eigenvalue weighted by molar-refractivity contribution is 5.96. The predicted octanol–water partition coefficient (Wildman–Crippen LogP) is 2.15. The van der Waals surface area contributed by atoms with Crippen molar-refractivity contribution in [1.29, 1.82) is 0 Å². The van der Waals surface area contributed by atoms with E-state index in [0.717, 1.165) is 0 Å². The third-order valence-corrected chi connectivity index (χ3v) is 3.19. The zero-order valence-corrected chi connectivity index (χ0v) is 10.9. The summed E-state index contributed by atoms with van der Waals surface area (Å²) in [7, 11) is 1.42. The van der Waals surface area contributed by atoms with E-state index in [1.54, 1.807) is 6.92 Å². The van der Waals surface area contributed by atoms with Gasteiger partial charge in [-0.15, -0.1) is 0 Å². The maximum atomic E-state index is 13.0. The molecule has 0 heterocycles. The summed E-state index contributed by atoms with van der Waals surface area (Å²) >= 11 is 0. The molecule has 0 saturated carbocycles. The molecule has 1 amide bonds. The SMILES string of the molecule is CCC(C)(CN)C(=O)Nc1ccc(F)cc1OC. The summed E-state index contributed by atoms with van der Waals surface area (Å²) in [6.45, 7) is 3.94. The average Bonchev–Trinajstić information content (AvgIpc) is 2.39. The summed E-state index contributed by atoms with van der Waals surface area (Å²) in [6.07, 6.45) is 0.624. The van der Waals surface area contributed by atoms with Gasteiger partial charge in [-0.25, -0.2) is 4.39 Å². The largest absolute Gasteiger partial charge is 0.494 e. The molecule has 0 aliphatic rings. The number of nitrogens with two attached hydrogens (primary N) is 1. The monoisotopic (exact) mass is 254 g/mol. The second-order valence-corrected chi connectivity index (χ2v) is 4.42. The van der Waals surface area contributed by atoms with E-state index in [2.05, 4.69) is 5.32 Å². The summed E-state index contributed by atoms with van der Waals surface area (Å²) < 4.78 is 18.0. The van der Waals surface area contributed by atoms with E-state index in [1.807, 2.05) is 6.92 Å². The van der Waals surface area contributed by atoms with E-state index in [9.17, 15) is 9.18 Å². The van der Waals surface area contributed by atoms with Gasteiger partial charge in [-0.05, 0) is 25.5 Å². The number of hydrogen-bond donors (Lipinski definition) is 2. The molecule has 0 saturated heterocycles. The number of hydrogen-bond acceptors (Lipinski definition) is 3. The molecule has 5 heteroatoms. The topological polar surface area (TPSA) is 64.4 Å². The van der Waals surface area contributed by atoms with Gasteiger partial charge < -0.3 is 15.8 Å². The minimum absolute atomic E-state index is 0.197. The molecule has 4 nitrogen and oxygen atoms in total. The fourth-order valence-corrected chi connectivity index (χ4v) is 1.44. The normalized spacial score (nSPS) is 13.8. The van der Waals surface area contributed by atoms with Crippen molar-refractivity contribution in [2.45, 2.75) is 20.3 Å². The first-order valence-electron chi connectivity index (χ1n) is 5.82. The van der Waals surface area contributed by atoms with Crippen LogP contribution in [0.1, 0.15) is 20.3 Å². The van der Waals surface area contributed by atoms with Crippen LogP contribution < -0.4 is 15.8 Å². The van der Waals surface area contributed by atoms with Gasteiger partial charge >= 0.3 is 0 Å². The van der Waals surface area contributed by atoms with Gasteiger partial charge in [0.25, 0.3) is 0 Å². The van der Waals surface area contributed by atoms with Crippen LogP contribution in [0, 0.1) is 11.2 Å².